The number of hydrogen-bond donors (Lipinski definition) is 1. The van der Waals surface area contributed by atoms with E-state index in [0.717, 1.165) is 5.69 Å². The summed E-state index contributed by atoms with van der Waals surface area (Å²) >= 11 is 0. The molecule has 0 aliphatic heterocycles. The maximum absolute atomic E-state index is 9.08. The fourth-order valence-electron chi connectivity index (χ4n) is 0.738. The average molecular weight is 155 g/mol. The van der Waals surface area contributed by atoms with Crippen molar-refractivity contribution >= 4 is 0 Å². The Kier molecular flexibility index (Phi) is 2.24. The van der Waals surface area contributed by atoms with Crippen molar-refractivity contribution in [1.82, 2.24) is 15.0 Å². The van der Waals surface area contributed by atoms with E-state index in [0.29, 0.717) is 5.92 Å². The van der Waals surface area contributed by atoms with E-state index in [1.807, 2.05) is 13.8 Å². The minimum Gasteiger partial charge on any atom is -0.372 e. The topological polar surface area (TPSA) is 50.9 Å². The Balaban J connectivity index is 2.82. The second-order valence-electron chi connectivity index (χ2n) is 2.91. The molecule has 0 amide bonds. The van der Waals surface area contributed by atoms with Gasteiger partial charge in [0.15, 0.2) is 0 Å². The molecule has 62 valence electrons. The van der Waals surface area contributed by atoms with Crippen LogP contribution in [0.1, 0.15) is 38.6 Å². The molecule has 0 aliphatic rings. The van der Waals surface area contributed by atoms with Crippen molar-refractivity contribution < 1.29 is 5.11 Å². The Morgan fingerprint density at radius 3 is 2.36 bits per heavy atom. The van der Waals surface area contributed by atoms with E-state index in [-0.39, 0.29) is 0 Å². The van der Waals surface area contributed by atoms with Crippen molar-refractivity contribution in [2.45, 2.75) is 32.9 Å². The van der Waals surface area contributed by atoms with Gasteiger partial charge in [0.2, 0.25) is 0 Å². The number of aromatic nitrogens is 3. The summed E-state index contributed by atoms with van der Waals surface area (Å²) in [5, 5.41) is 16.7. The molecule has 1 rings (SSSR count). The lowest BCUT2D eigenvalue weighted by Crippen LogP contribution is -2.03. The standard InChI is InChI=1S/C7H13N3O/c1-5(2)7-4-10(6(3)11)9-8-7/h4-6,11H,1-3H3. The smallest absolute Gasteiger partial charge is 0.145 e. The van der Waals surface area contributed by atoms with Crippen LogP contribution in [0, 0.1) is 0 Å². The van der Waals surface area contributed by atoms with Crippen LogP contribution in [0.2, 0.25) is 0 Å². The van der Waals surface area contributed by atoms with Crippen molar-refractivity contribution in [3.8, 4) is 0 Å². The molecule has 1 aromatic heterocycles. The molecule has 1 unspecified atom stereocenters. The highest BCUT2D eigenvalue weighted by Gasteiger charge is 2.06. The van der Waals surface area contributed by atoms with Gasteiger partial charge in [-0.2, -0.15) is 0 Å². The molecule has 0 aromatic carbocycles. The normalized spacial score (nSPS) is 13.9. The van der Waals surface area contributed by atoms with Gasteiger partial charge in [-0.25, -0.2) is 4.68 Å². The van der Waals surface area contributed by atoms with Crippen LogP contribution >= 0.6 is 0 Å². The molecule has 0 radical (unpaired) electrons. The third-order valence-corrected chi connectivity index (χ3v) is 1.50. The van der Waals surface area contributed by atoms with Gasteiger partial charge in [-0.15, -0.1) is 5.10 Å². The number of aliphatic hydroxyl groups excluding tert-OH is 1. The Labute approximate surface area is 65.8 Å². The molecule has 4 heteroatoms. The number of hydrogen-bond acceptors (Lipinski definition) is 3. The first kappa shape index (κ1) is 8.20. The van der Waals surface area contributed by atoms with Crippen LogP contribution in [0.5, 0.6) is 0 Å². The van der Waals surface area contributed by atoms with Crippen LogP contribution < -0.4 is 0 Å². The summed E-state index contributed by atoms with van der Waals surface area (Å²) in [5.41, 5.74) is 0.908. The minimum absolute atomic E-state index is 0.363. The van der Waals surface area contributed by atoms with Crippen LogP contribution in [0.15, 0.2) is 6.20 Å². The predicted octanol–water partition coefficient (Wildman–Crippen LogP) is 0.912. The zero-order valence-electron chi connectivity index (χ0n) is 7.02. The Hall–Kier alpha value is -0.900. The van der Waals surface area contributed by atoms with Crippen LogP contribution in [-0.2, 0) is 0 Å². The zero-order chi connectivity index (χ0) is 8.43. The van der Waals surface area contributed by atoms with Crippen LogP contribution in [0.3, 0.4) is 0 Å². The monoisotopic (exact) mass is 155 g/mol. The van der Waals surface area contributed by atoms with E-state index in [4.69, 9.17) is 5.11 Å². The highest BCUT2D eigenvalue weighted by Crippen LogP contribution is 2.10. The first-order valence-corrected chi connectivity index (χ1v) is 3.71. The molecule has 0 saturated carbocycles. The lowest BCUT2D eigenvalue weighted by atomic mass is 10.2. The second-order valence-corrected chi connectivity index (χ2v) is 2.91. The number of nitrogens with zero attached hydrogens (tertiary/aromatic N) is 3. The van der Waals surface area contributed by atoms with Gasteiger partial charge in [0.05, 0.1) is 11.9 Å². The number of aliphatic hydroxyl groups is 1. The van der Waals surface area contributed by atoms with Crippen molar-refractivity contribution in [2.24, 2.45) is 0 Å². The van der Waals surface area contributed by atoms with Crippen LogP contribution in [-0.4, -0.2) is 20.1 Å². The quantitative estimate of drug-likeness (QED) is 0.690. The van der Waals surface area contributed by atoms with Gasteiger partial charge in [0, 0.05) is 0 Å². The summed E-state index contributed by atoms with van der Waals surface area (Å²) in [6.07, 6.45) is 1.17. The molecule has 1 atom stereocenters. The maximum atomic E-state index is 9.08. The lowest BCUT2D eigenvalue weighted by Gasteiger charge is -2.00. The van der Waals surface area contributed by atoms with Gasteiger partial charge >= 0.3 is 0 Å². The molecule has 0 spiro atoms. The predicted molar refractivity (Wildman–Crippen MR) is 41.0 cm³/mol. The molecule has 4 nitrogen and oxygen atoms in total. The zero-order valence-corrected chi connectivity index (χ0v) is 7.02. The molecular formula is C7H13N3O. The lowest BCUT2D eigenvalue weighted by molar-refractivity contribution is 0.108. The SMILES string of the molecule is CC(C)c1cn(C(C)O)nn1. The average Bonchev–Trinajstić information content (AvgIpc) is 2.33. The van der Waals surface area contributed by atoms with Gasteiger partial charge in [0.25, 0.3) is 0 Å². The van der Waals surface area contributed by atoms with E-state index >= 15 is 0 Å². The summed E-state index contributed by atoms with van der Waals surface area (Å²) < 4.78 is 1.44. The fourth-order valence-corrected chi connectivity index (χ4v) is 0.738. The first-order valence-electron chi connectivity index (χ1n) is 3.71. The van der Waals surface area contributed by atoms with Gasteiger partial charge in [-0.3, -0.25) is 0 Å². The molecular weight excluding hydrogens is 142 g/mol. The third kappa shape index (κ3) is 1.77. The van der Waals surface area contributed by atoms with Gasteiger partial charge in [-0.05, 0) is 12.8 Å². The van der Waals surface area contributed by atoms with E-state index in [2.05, 4.69) is 10.3 Å². The molecule has 0 saturated heterocycles. The molecule has 0 bridgehead atoms. The van der Waals surface area contributed by atoms with E-state index < -0.39 is 6.23 Å². The molecule has 0 fully saturated rings. The van der Waals surface area contributed by atoms with E-state index in [1.54, 1.807) is 13.1 Å². The van der Waals surface area contributed by atoms with Crippen molar-refractivity contribution in [1.29, 1.82) is 0 Å². The highest BCUT2D eigenvalue weighted by atomic mass is 16.3. The fraction of sp³-hybridized carbons (Fsp3) is 0.714. The molecule has 1 heterocycles. The van der Waals surface area contributed by atoms with E-state index in [1.165, 1.54) is 4.68 Å². The van der Waals surface area contributed by atoms with Gasteiger partial charge < -0.3 is 5.11 Å². The van der Waals surface area contributed by atoms with Crippen molar-refractivity contribution in [3.05, 3.63) is 11.9 Å². The summed E-state index contributed by atoms with van der Waals surface area (Å²) in [6, 6.07) is 0. The largest absolute Gasteiger partial charge is 0.372 e. The summed E-state index contributed by atoms with van der Waals surface area (Å²) in [7, 11) is 0. The van der Waals surface area contributed by atoms with Crippen molar-refractivity contribution in [3.63, 3.8) is 0 Å². The second kappa shape index (κ2) is 3.00. The van der Waals surface area contributed by atoms with Gasteiger partial charge in [-0.1, -0.05) is 19.1 Å². The highest BCUT2D eigenvalue weighted by molar-refractivity contribution is 4.98. The molecule has 1 aromatic rings. The van der Waals surface area contributed by atoms with Gasteiger partial charge in [0.1, 0.15) is 6.23 Å². The Morgan fingerprint density at radius 1 is 1.45 bits per heavy atom. The molecule has 1 N–H and O–H groups in total. The third-order valence-electron chi connectivity index (χ3n) is 1.50. The Bertz CT molecular complexity index is 207. The van der Waals surface area contributed by atoms with Crippen molar-refractivity contribution in [2.75, 3.05) is 0 Å². The van der Waals surface area contributed by atoms with Crippen LogP contribution in [0.25, 0.3) is 0 Å². The number of rotatable bonds is 2. The Morgan fingerprint density at radius 2 is 2.09 bits per heavy atom. The minimum atomic E-state index is -0.588. The first-order chi connectivity index (χ1) is 5.11. The molecule has 0 aliphatic carbocycles. The summed E-state index contributed by atoms with van der Waals surface area (Å²) in [4.78, 5) is 0. The summed E-state index contributed by atoms with van der Waals surface area (Å²) in [5.74, 6) is 0.363. The molecule has 11 heavy (non-hydrogen) atoms. The maximum Gasteiger partial charge on any atom is 0.145 e. The van der Waals surface area contributed by atoms with E-state index in [9.17, 15) is 0 Å². The van der Waals surface area contributed by atoms with Crippen LogP contribution in [0.4, 0.5) is 0 Å². The summed E-state index contributed by atoms with van der Waals surface area (Å²) in [6.45, 7) is 5.73.